The van der Waals surface area contributed by atoms with Crippen molar-refractivity contribution >= 4 is 39.0 Å². The molecule has 0 aliphatic heterocycles. The van der Waals surface area contributed by atoms with Gasteiger partial charge in [0.05, 0.1) is 17.4 Å². The van der Waals surface area contributed by atoms with Crippen molar-refractivity contribution in [3.63, 3.8) is 0 Å². The minimum absolute atomic E-state index is 0.163. The number of rotatable bonds is 7. The van der Waals surface area contributed by atoms with Crippen LogP contribution in [-0.4, -0.2) is 6.04 Å². The Morgan fingerprint density at radius 1 is 0.629 bits per heavy atom. The molecular weight excluding hydrogens is 749 g/mol. The van der Waals surface area contributed by atoms with Gasteiger partial charge in [0.2, 0.25) is 0 Å². The van der Waals surface area contributed by atoms with Gasteiger partial charge < -0.3 is 9.80 Å². The van der Waals surface area contributed by atoms with Crippen LogP contribution in [0.2, 0.25) is 0 Å². The average molecular weight is 803 g/mol. The van der Waals surface area contributed by atoms with Crippen LogP contribution in [0.3, 0.4) is 0 Å². The van der Waals surface area contributed by atoms with Gasteiger partial charge in [-0.15, -0.1) is 0 Å². The molecule has 0 heterocycles. The number of anilines is 3. The number of fused-ring (bicyclic) bond motifs is 9. The predicted octanol–water partition coefficient (Wildman–Crippen LogP) is 15.3. The molecule has 4 aromatic carbocycles. The summed E-state index contributed by atoms with van der Waals surface area (Å²) in [7, 11) is 0. The monoisotopic (exact) mass is 802 g/mol. The second-order valence-corrected chi connectivity index (χ2v) is 18.3. The van der Waals surface area contributed by atoms with Gasteiger partial charge in [-0.25, -0.2) is 0 Å². The van der Waals surface area contributed by atoms with Gasteiger partial charge in [0, 0.05) is 51.2 Å². The zero-order valence-electron chi connectivity index (χ0n) is 35.8. The molecule has 0 saturated carbocycles. The van der Waals surface area contributed by atoms with Crippen LogP contribution >= 0.6 is 0 Å². The Kier molecular flexibility index (Phi) is 9.17. The molecule has 0 N–H and O–H groups in total. The Bertz CT molecular complexity index is 2880. The van der Waals surface area contributed by atoms with Crippen LogP contribution < -0.4 is 9.80 Å². The Morgan fingerprint density at radius 2 is 1.42 bits per heavy atom. The maximum Gasteiger partial charge on any atom is 0.0585 e. The van der Waals surface area contributed by atoms with Crippen LogP contribution in [0.1, 0.15) is 75.0 Å². The molecule has 5 atom stereocenters. The van der Waals surface area contributed by atoms with E-state index in [1.807, 2.05) is 0 Å². The van der Waals surface area contributed by atoms with Gasteiger partial charge in [-0.05, 0) is 132 Å². The van der Waals surface area contributed by atoms with E-state index >= 15 is 0 Å². The maximum atomic E-state index is 2.71. The van der Waals surface area contributed by atoms with Crippen molar-refractivity contribution < 1.29 is 0 Å². The van der Waals surface area contributed by atoms with E-state index in [0.29, 0.717) is 11.8 Å². The van der Waals surface area contributed by atoms with Crippen LogP contribution in [-0.2, 0) is 5.41 Å². The summed E-state index contributed by atoms with van der Waals surface area (Å²) in [6.45, 7) is 2.56. The number of hydrogen-bond acceptors (Lipinski definition) is 2. The molecule has 2 heteroatoms. The first-order valence-electron chi connectivity index (χ1n) is 23.3. The second-order valence-electron chi connectivity index (χ2n) is 18.3. The number of hydrogen-bond donors (Lipinski definition) is 0. The predicted molar refractivity (Wildman–Crippen MR) is 262 cm³/mol. The summed E-state index contributed by atoms with van der Waals surface area (Å²) in [5, 5.41) is 2.55. The van der Waals surface area contributed by atoms with Gasteiger partial charge in [-0.2, -0.15) is 0 Å². The molecule has 0 fully saturated rings. The highest BCUT2D eigenvalue weighted by Crippen LogP contribution is 2.69. The van der Waals surface area contributed by atoms with Crippen molar-refractivity contribution in [2.75, 3.05) is 9.80 Å². The standard InChI is InChI=1S/C60H54N2/c1-41-55(61(45-23-7-3-8-24-45)47-37-35-43(36-38-47)42-19-5-2-6-20-42)40-39-50-49-28-13-15-30-52(49)60(59(41)50)53-31-16-14-29-51(53)58-54(60)32-18-34-57(58)62(46-25-9-4-10-26-46)56-33-17-22-44-21-11-12-27-48(44)56/h3,5,7,9,11-15,17-23,25-30,32-41,49,52,55H,2,4,6,8,10,16,24,31H2,1H3. The summed E-state index contributed by atoms with van der Waals surface area (Å²) in [5.41, 5.74) is 18.0. The molecular formula is C60H54N2. The molecule has 4 aromatic rings. The summed E-state index contributed by atoms with van der Waals surface area (Å²) >= 11 is 0. The van der Waals surface area contributed by atoms with E-state index in [2.05, 4.69) is 205 Å². The normalized spacial score (nSPS) is 26.4. The van der Waals surface area contributed by atoms with Crippen molar-refractivity contribution in [3.8, 4) is 0 Å². The van der Waals surface area contributed by atoms with Gasteiger partial charge in [0.15, 0.2) is 0 Å². The second kappa shape index (κ2) is 15.2. The third kappa shape index (κ3) is 5.68. The highest BCUT2D eigenvalue weighted by Gasteiger charge is 2.61. The molecule has 5 unspecified atom stereocenters. The van der Waals surface area contributed by atoms with Gasteiger partial charge in [0.1, 0.15) is 0 Å². The van der Waals surface area contributed by atoms with E-state index in [4.69, 9.17) is 0 Å². The zero-order chi connectivity index (χ0) is 41.2. The highest BCUT2D eigenvalue weighted by atomic mass is 15.2. The van der Waals surface area contributed by atoms with Gasteiger partial charge in [-0.1, -0.05) is 159 Å². The smallest absolute Gasteiger partial charge is 0.0585 e. The molecule has 12 rings (SSSR count). The Morgan fingerprint density at radius 3 is 2.26 bits per heavy atom. The summed E-state index contributed by atoms with van der Waals surface area (Å²) in [6.07, 6.45) is 49.6. The Labute approximate surface area is 367 Å². The van der Waals surface area contributed by atoms with Crippen molar-refractivity contribution in [3.05, 3.63) is 233 Å². The molecule has 8 aliphatic rings. The minimum Gasteiger partial charge on any atom is -0.338 e. The lowest BCUT2D eigenvalue weighted by Crippen LogP contribution is -2.45. The molecule has 0 bridgehead atoms. The molecule has 62 heavy (non-hydrogen) atoms. The molecule has 1 spiro atoms. The van der Waals surface area contributed by atoms with E-state index in [0.717, 1.165) is 51.4 Å². The van der Waals surface area contributed by atoms with Gasteiger partial charge in [0.25, 0.3) is 0 Å². The summed E-state index contributed by atoms with van der Waals surface area (Å²) in [5.74, 6) is 0.881. The molecule has 8 aliphatic carbocycles. The first kappa shape index (κ1) is 37.4. The maximum absolute atomic E-state index is 2.71. The van der Waals surface area contributed by atoms with Crippen LogP contribution in [0.4, 0.5) is 17.1 Å². The number of benzene rings is 4. The minimum atomic E-state index is -0.257. The molecule has 0 radical (unpaired) electrons. The lowest BCUT2D eigenvalue weighted by atomic mass is 9.59. The van der Waals surface area contributed by atoms with Crippen LogP contribution in [0.25, 0.3) is 21.9 Å². The fourth-order valence-corrected chi connectivity index (χ4v) is 12.6. The molecule has 304 valence electrons. The molecule has 0 aromatic heterocycles. The molecule has 0 amide bonds. The van der Waals surface area contributed by atoms with Crippen molar-refractivity contribution in [1.29, 1.82) is 0 Å². The average Bonchev–Trinajstić information content (AvgIpc) is 3.82. The quantitative estimate of drug-likeness (QED) is 0.184. The number of allylic oxidation sites excluding steroid dienone is 21. The lowest BCUT2D eigenvalue weighted by Gasteiger charge is -2.46. The van der Waals surface area contributed by atoms with Crippen LogP contribution in [0, 0.1) is 17.8 Å². The lowest BCUT2D eigenvalue weighted by molar-refractivity contribution is 0.382. The Hall–Kier alpha value is -6.38. The van der Waals surface area contributed by atoms with E-state index in [1.165, 1.54) is 72.6 Å². The fraction of sp³-hybridized carbons (Fsp3) is 0.233. The Balaban J connectivity index is 1.05. The van der Waals surface area contributed by atoms with E-state index in [9.17, 15) is 0 Å². The van der Waals surface area contributed by atoms with Crippen LogP contribution in [0.5, 0.6) is 0 Å². The van der Waals surface area contributed by atoms with Crippen molar-refractivity contribution in [1.82, 2.24) is 0 Å². The van der Waals surface area contributed by atoms with E-state index in [-0.39, 0.29) is 17.4 Å². The fourth-order valence-electron chi connectivity index (χ4n) is 12.6. The largest absolute Gasteiger partial charge is 0.338 e. The molecule has 0 saturated heterocycles. The van der Waals surface area contributed by atoms with Crippen molar-refractivity contribution in [2.45, 2.75) is 69.7 Å². The summed E-state index contributed by atoms with van der Waals surface area (Å²) in [4.78, 5) is 5.30. The van der Waals surface area contributed by atoms with Gasteiger partial charge >= 0.3 is 0 Å². The first-order chi connectivity index (χ1) is 30.7. The van der Waals surface area contributed by atoms with E-state index in [1.54, 1.807) is 11.1 Å². The first-order valence-corrected chi connectivity index (χ1v) is 23.3. The third-order valence-electron chi connectivity index (χ3n) is 15.1. The highest BCUT2D eigenvalue weighted by molar-refractivity contribution is 6.02. The summed E-state index contributed by atoms with van der Waals surface area (Å²) < 4.78 is 0. The topological polar surface area (TPSA) is 6.48 Å². The molecule has 2 nitrogen and oxygen atoms in total. The van der Waals surface area contributed by atoms with Crippen LogP contribution in [0.15, 0.2) is 216 Å². The zero-order valence-corrected chi connectivity index (χ0v) is 35.8. The third-order valence-corrected chi connectivity index (χ3v) is 15.1. The van der Waals surface area contributed by atoms with Crippen molar-refractivity contribution in [2.24, 2.45) is 17.8 Å². The SMILES string of the molecule is CC1C2=C(C=CC1N(C1=CC=CCC1)c1ccc(C3=CCCC=C3)cc1)C1C=CC=CC1C21C2=C(C=CCC2)c2c(N(C3=CCCC=C3)c3cccc4ccccc34)cccc21. The van der Waals surface area contributed by atoms with Gasteiger partial charge in [-0.3, -0.25) is 0 Å². The number of nitrogens with zero attached hydrogens (tertiary/aromatic N) is 2. The van der Waals surface area contributed by atoms with E-state index < -0.39 is 0 Å². The summed E-state index contributed by atoms with van der Waals surface area (Å²) in [6, 6.07) is 32.7.